The molecule has 0 aliphatic carbocycles. The molecule has 1 unspecified atom stereocenters. The van der Waals surface area contributed by atoms with Crippen molar-refractivity contribution in [1.29, 1.82) is 0 Å². The van der Waals surface area contributed by atoms with Gasteiger partial charge in [0, 0.05) is 17.6 Å². The van der Waals surface area contributed by atoms with E-state index >= 15 is 0 Å². The zero-order valence-electron chi connectivity index (χ0n) is 11.2. The van der Waals surface area contributed by atoms with Crippen LogP contribution in [0.4, 0.5) is 0 Å². The normalized spacial score (nSPS) is 14.4. The molecule has 1 heterocycles. The summed E-state index contributed by atoms with van der Waals surface area (Å²) in [5, 5.41) is 8.55. The van der Waals surface area contributed by atoms with Crippen LogP contribution < -0.4 is 5.73 Å². The largest absolute Gasteiger partial charge is 0.329 e. The second-order valence-corrected chi connectivity index (χ2v) is 4.86. The second-order valence-electron chi connectivity index (χ2n) is 4.86. The van der Waals surface area contributed by atoms with E-state index in [1.165, 1.54) is 0 Å². The maximum Gasteiger partial charge on any atom is 0.144 e. The molecular weight excluding hydrogens is 224 g/mol. The van der Waals surface area contributed by atoms with Gasteiger partial charge in [-0.15, -0.1) is 10.2 Å². The minimum absolute atomic E-state index is 0.142. The van der Waals surface area contributed by atoms with Gasteiger partial charge in [0.1, 0.15) is 11.6 Å². The molecule has 1 aromatic carbocycles. The van der Waals surface area contributed by atoms with E-state index in [0.29, 0.717) is 6.54 Å². The highest BCUT2D eigenvalue weighted by molar-refractivity contribution is 5.35. The SMILES string of the molecule is CCC(C)(CN)c1nnc(C)n1-c1ccccc1. The van der Waals surface area contributed by atoms with E-state index in [1.807, 2.05) is 25.1 Å². The summed E-state index contributed by atoms with van der Waals surface area (Å²) in [5.41, 5.74) is 6.87. The van der Waals surface area contributed by atoms with E-state index in [1.54, 1.807) is 0 Å². The van der Waals surface area contributed by atoms with Crippen molar-refractivity contribution < 1.29 is 0 Å². The van der Waals surface area contributed by atoms with E-state index in [4.69, 9.17) is 5.73 Å². The first-order valence-electron chi connectivity index (χ1n) is 6.30. The van der Waals surface area contributed by atoms with Crippen molar-refractivity contribution in [2.45, 2.75) is 32.6 Å². The van der Waals surface area contributed by atoms with Crippen molar-refractivity contribution in [2.75, 3.05) is 6.54 Å². The van der Waals surface area contributed by atoms with Gasteiger partial charge in [-0.2, -0.15) is 0 Å². The summed E-state index contributed by atoms with van der Waals surface area (Å²) in [6.07, 6.45) is 0.939. The number of aromatic nitrogens is 3. The van der Waals surface area contributed by atoms with Gasteiger partial charge in [-0.25, -0.2) is 0 Å². The lowest BCUT2D eigenvalue weighted by Gasteiger charge is -2.26. The van der Waals surface area contributed by atoms with Crippen LogP contribution in [0.25, 0.3) is 5.69 Å². The Morgan fingerprint density at radius 3 is 2.44 bits per heavy atom. The average molecular weight is 244 g/mol. The lowest BCUT2D eigenvalue weighted by molar-refractivity contribution is 0.430. The fraction of sp³-hybridized carbons (Fsp3) is 0.429. The molecule has 1 aromatic heterocycles. The smallest absolute Gasteiger partial charge is 0.144 e. The predicted molar refractivity (Wildman–Crippen MR) is 72.8 cm³/mol. The Morgan fingerprint density at radius 2 is 1.89 bits per heavy atom. The summed E-state index contributed by atoms with van der Waals surface area (Å²) in [6, 6.07) is 10.2. The van der Waals surface area contributed by atoms with Crippen molar-refractivity contribution in [3.8, 4) is 5.69 Å². The van der Waals surface area contributed by atoms with Gasteiger partial charge >= 0.3 is 0 Å². The maximum atomic E-state index is 5.92. The molecule has 0 fully saturated rings. The van der Waals surface area contributed by atoms with Gasteiger partial charge in [0.05, 0.1) is 0 Å². The Labute approximate surface area is 108 Å². The third-order valence-electron chi connectivity index (χ3n) is 3.61. The lowest BCUT2D eigenvalue weighted by atomic mass is 9.86. The molecule has 0 radical (unpaired) electrons. The first-order valence-corrected chi connectivity index (χ1v) is 6.30. The molecule has 0 bridgehead atoms. The lowest BCUT2D eigenvalue weighted by Crippen LogP contribution is -2.34. The third-order valence-corrected chi connectivity index (χ3v) is 3.61. The predicted octanol–water partition coefficient (Wildman–Crippen LogP) is 2.20. The number of rotatable bonds is 4. The van der Waals surface area contributed by atoms with Gasteiger partial charge in [-0.3, -0.25) is 4.57 Å². The summed E-state index contributed by atoms with van der Waals surface area (Å²) in [7, 11) is 0. The average Bonchev–Trinajstić information content (AvgIpc) is 2.81. The highest BCUT2D eigenvalue weighted by Crippen LogP contribution is 2.27. The van der Waals surface area contributed by atoms with Crippen molar-refractivity contribution in [3.63, 3.8) is 0 Å². The molecule has 96 valence electrons. The second kappa shape index (κ2) is 4.90. The number of aryl methyl sites for hydroxylation is 1. The molecule has 0 aliphatic rings. The molecule has 0 spiro atoms. The van der Waals surface area contributed by atoms with Gasteiger partial charge in [0.2, 0.25) is 0 Å². The van der Waals surface area contributed by atoms with Crippen molar-refractivity contribution in [2.24, 2.45) is 5.73 Å². The summed E-state index contributed by atoms with van der Waals surface area (Å²) >= 11 is 0. The molecule has 2 aromatic rings. The molecule has 0 saturated carbocycles. The van der Waals surface area contributed by atoms with Crippen LogP contribution in [-0.4, -0.2) is 21.3 Å². The van der Waals surface area contributed by atoms with Gasteiger partial charge in [0.25, 0.3) is 0 Å². The maximum absolute atomic E-state index is 5.92. The van der Waals surface area contributed by atoms with Crippen LogP contribution in [0.5, 0.6) is 0 Å². The topological polar surface area (TPSA) is 56.7 Å². The monoisotopic (exact) mass is 244 g/mol. The van der Waals surface area contributed by atoms with Crippen LogP contribution in [0, 0.1) is 6.92 Å². The molecular formula is C14H20N4. The highest BCUT2D eigenvalue weighted by Gasteiger charge is 2.30. The molecule has 0 aliphatic heterocycles. The third kappa shape index (κ3) is 2.04. The number of hydrogen-bond acceptors (Lipinski definition) is 3. The van der Waals surface area contributed by atoms with E-state index in [9.17, 15) is 0 Å². The van der Waals surface area contributed by atoms with E-state index < -0.39 is 0 Å². The number of nitrogens with zero attached hydrogens (tertiary/aromatic N) is 3. The number of nitrogens with two attached hydrogens (primary N) is 1. The summed E-state index contributed by atoms with van der Waals surface area (Å²) in [5.74, 6) is 1.83. The zero-order chi connectivity index (χ0) is 13.2. The Bertz CT molecular complexity index is 512. The summed E-state index contributed by atoms with van der Waals surface area (Å²) in [6.45, 7) is 6.80. The molecule has 0 saturated heterocycles. The van der Waals surface area contributed by atoms with Crippen molar-refractivity contribution in [3.05, 3.63) is 42.0 Å². The Balaban J connectivity index is 2.59. The summed E-state index contributed by atoms with van der Waals surface area (Å²) < 4.78 is 2.09. The highest BCUT2D eigenvalue weighted by atomic mass is 15.3. The minimum atomic E-state index is -0.142. The van der Waals surface area contributed by atoms with Crippen LogP contribution in [-0.2, 0) is 5.41 Å². The number of para-hydroxylation sites is 1. The van der Waals surface area contributed by atoms with Crippen LogP contribution in [0.3, 0.4) is 0 Å². The van der Waals surface area contributed by atoms with Crippen molar-refractivity contribution >= 4 is 0 Å². The quantitative estimate of drug-likeness (QED) is 0.897. The molecule has 18 heavy (non-hydrogen) atoms. The fourth-order valence-corrected chi connectivity index (χ4v) is 2.03. The molecule has 2 N–H and O–H groups in total. The van der Waals surface area contributed by atoms with Gasteiger partial charge in [0.15, 0.2) is 0 Å². The molecule has 4 heteroatoms. The van der Waals surface area contributed by atoms with Crippen LogP contribution in [0.2, 0.25) is 0 Å². The van der Waals surface area contributed by atoms with E-state index in [2.05, 4.69) is 40.7 Å². The van der Waals surface area contributed by atoms with Crippen LogP contribution >= 0.6 is 0 Å². The minimum Gasteiger partial charge on any atom is -0.329 e. The van der Waals surface area contributed by atoms with Crippen molar-refractivity contribution in [1.82, 2.24) is 14.8 Å². The van der Waals surface area contributed by atoms with Gasteiger partial charge in [-0.05, 0) is 25.5 Å². The Kier molecular flexibility index (Phi) is 3.48. The first kappa shape index (κ1) is 12.8. The standard InChI is InChI=1S/C14H20N4/c1-4-14(3,10-15)13-17-16-11(2)18(13)12-8-6-5-7-9-12/h5-9H,4,10,15H2,1-3H3. The molecule has 4 nitrogen and oxygen atoms in total. The first-order chi connectivity index (χ1) is 8.62. The number of benzene rings is 1. The van der Waals surface area contributed by atoms with E-state index in [-0.39, 0.29) is 5.41 Å². The molecule has 1 atom stereocenters. The summed E-state index contributed by atoms with van der Waals surface area (Å²) in [4.78, 5) is 0. The molecule has 2 rings (SSSR count). The van der Waals surface area contributed by atoms with Gasteiger partial charge < -0.3 is 5.73 Å². The van der Waals surface area contributed by atoms with E-state index in [0.717, 1.165) is 23.8 Å². The fourth-order valence-electron chi connectivity index (χ4n) is 2.03. The molecule has 0 amide bonds. The zero-order valence-corrected chi connectivity index (χ0v) is 11.2. The Hall–Kier alpha value is -1.68. The van der Waals surface area contributed by atoms with Crippen LogP contribution in [0.15, 0.2) is 30.3 Å². The van der Waals surface area contributed by atoms with Crippen LogP contribution in [0.1, 0.15) is 31.9 Å². The Morgan fingerprint density at radius 1 is 1.22 bits per heavy atom. The number of hydrogen-bond donors (Lipinski definition) is 1. The van der Waals surface area contributed by atoms with Gasteiger partial charge in [-0.1, -0.05) is 32.0 Å².